The minimum atomic E-state index is -0.0835. The van der Waals surface area contributed by atoms with E-state index < -0.39 is 0 Å². The van der Waals surface area contributed by atoms with E-state index in [1.807, 2.05) is 42.5 Å². The van der Waals surface area contributed by atoms with E-state index in [0.717, 1.165) is 17.4 Å². The minimum Gasteiger partial charge on any atom is -0.489 e. The van der Waals surface area contributed by atoms with Gasteiger partial charge in [-0.25, -0.2) is 4.98 Å². The first-order chi connectivity index (χ1) is 14.2. The van der Waals surface area contributed by atoms with E-state index in [4.69, 9.17) is 10.5 Å². The molecule has 1 heterocycles. The first-order valence-electron chi connectivity index (χ1n) is 9.67. The number of pyridine rings is 1. The van der Waals surface area contributed by atoms with Gasteiger partial charge in [0.1, 0.15) is 0 Å². The lowest BCUT2D eigenvalue weighted by Gasteiger charge is -2.18. The lowest BCUT2D eigenvalue weighted by atomic mass is 9.96. The zero-order chi connectivity index (χ0) is 20.1. The summed E-state index contributed by atoms with van der Waals surface area (Å²) in [5.41, 5.74) is 7.57. The molecule has 146 valence electrons. The van der Waals surface area contributed by atoms with Crippen molar-refractivity contribution in [3.05, 3.63) is 90.2 Å². The number of benzene rings is 2. The third-order valence-corrected chi connectivity index (χ3v) is 4.99. The molecule has 0 spiro atoms. The highest BCUT2D eigenvalue weighted by Crippen LogP contribution is 2.22. The summed E-state index contributed by atoms with van der Waals surface area (Å²) in [6, 6.07) is 17.9. The van der Waals surface area contributed by atoms with E-state index in [1.165, 1.54) is 5.39 Å². The van der Waals surface area contributed by atoms with E-state index in [0.29, 0.717) is 30.3 Å². The molecule has 0 fully saturated rings. The van der Waals surface area contributed by atoms with E-state index in [1.54, 1.807) is 18.3 Å². The summed E-state index contributed by atoms with van der Waals surface area (Å²) in [7, 11) is 0. The molecule has 5 nitrogen and oxygen atoms in total. The number of nitrogens with one attached hydrogen (secondary N) is 1. The molecule has 0 saturated heterocycles. The van der Waals surface area contributed by atoms with Crippen LogP contribution in [0.25, 0.3) is 10.8 Å². The summed E-state index contributed by atoms with van der Waals surface area (Å²) >= 11 is 0. The number of amides is 1. The number of nitrogens with two attached hydrogens (primary N) is 1. The van der Waals surface area contributed by atoms with E-state index >= 15 is 0 Å². The van der Waals surface area contributed by atoms with Crippen molar-refractivity contribution in [2.45, 2.75) is 13.0 Å². The van der Waals surface area contributed by atoms with Crippen molar-refractivity contribution in [1.82, 2.24) is 10.3 Å². The molecule has 3 aromatic rings. The van der Waals surface area contributed by atoms with Gasteiger partial charge < -0.3 is 15.8 Å². The van der Waals surface area contributed by atoms with Gasteiger partial charge in [0, 0.05) is 24.2 Å². The van der Waals surface area contributed by atoms with E-state index in [2.05, 4.69) is 28.5 Å². The molecule has 1 unspecified atom stereocenters. The van der Waals surface area contributed by atoms with Crippen molar-refractivity contribution >= 4 is 22.5 Å². The maximum atomic E-state index is 12.7. The third-order valence-electron chi connectivity index (χ3n) is 4.99. The van der Waals surface area contributed by atoms with Gasteiger partial charge in [-0.15, -0.1) is 0 Å². The summed E-state index contributed by atoms with van der Waals surface area (Å²) in [5.74, 6) is 0.964. The molecule has 29 heavy (non-hydrogen) atoms. The van der Waals surface area contributed by atoms with Crippen LogP contribution in [0, 0.1) is 5.92 Å². The number of nitrogens with zero attached hydrogens (tertiary/aromatic N) is 1. The Hall–Kier alpha value is -3.60. The molecular formula is C24H23N3O2. The Bertz CT molecular complexity index is 1080. The summed E-state index contributed by atoms with van der Waals surface area (Å²) < 4.78 is 5.78. The van der Waals surface area contributed by atoms with Crippen molar-refractivity contribution in [3.63, 3.8) is 0 Å². The number of rotatable bonds is 6. The standard InChI is InChI=1S/C24H23N3O2/c25-23-22(12-5-13-26-23)29-16-17-6-3-9-19(14-17)24(28)27-15-20-10-4-8-18-7-1-2-11-21(18)20/h1-5,7-14,17H,6,15-16H2,(H2,25,26)(H,27,28). The van der Waals surface area contributed by atoms with Crippen LogP contribution in [0.3, 0.4) is 0 Å². The van der Waals surface area contributed by atoms with Gasteiger partial charge in [0.05, 0.1) is 6.61 Å². The number of aromatic nitrogens is 1. The highest BCUT2D eigenvalue weighted by atomic mass is 16.5. The summed E-state index contributed by atoms with van der Waals surface area (Å²) in [4.78, 5) is 16.7. The molecule has 1 amide bonds. The average Bonchev–Trinajstić information content (AvgIpc) is 2.77. The van der Waals surface area contributed by atoms with Gasteiger partial charge in [-0.2, -0.15) is 0 Å². The lowest BCUT2D eigenvalue weighted by molar-refractivity contribution is -0.117. The smallest absolute Gasteiger partial charge is 0.251 e. The summed E-state index contributed by atoms with van der Waals surface area (Å²) in [6.45, 7) is 0.930. The van der Waals surface area contributed by atoms with Crippen LogP contribution in [0.4, 0.5) is 5.82 Å². The molecule has 1 atom stereocenters. The van der Waals surface area contributed by atoms with Gasteiger partial charge in [-0.1, -0.05) is 60.7 Å². The minimum absolute atomic E-state index is 0.0835. The Balaban J connectivity index is 1.39. The SMILES string of the molecule is Nc1ncccc1OCC1C=C(C(=O)NCc2cccc3ccccc23)C=CC1. The van der Waals surface area contributed by atoms with Crippen LogP contribution in [0.2, 0.25) is 0 Å². The number of carbonyl (C=O) groups excluding carboxylic acids is 1. The van der Waals surface area contributed by atoms with E-state index in [9.17, 15) is 4.79 Å². The van der Waals surface area contributed by atoms with Gasteiger partial charge in [0.2, 0.25) is 0 Å². The Kier molecular flexibility index (Phi) is 5.56. The number of carbonyl (C=O) groups is 1. The molecule has 1 aromatic heterocycles. The van der Waals surface area contributed by atoms with Crippen LogP contribution >= 0.6 is 0 Å². The number of allylic oxidation sites excluding steroid dienone is 1. The van der Waals surface area contributed by atoms with Crippen LogP contribution in [-0.4, -0.2) is 17.5 Å². The normalized spacial score (nSPS) is 15.7. The molecule has 1 aliphatic carbocycles. The van der Waals surface area contributed by atoms with Gasteiger partial charge >= 0.3 is 0 Å². The molecule has 0 aliphatic heterocycles. The molecule has 3 N–H and O–H groups in total. The molecule has 0 radical (unpaired) electrons. The van der Waals surface area contributed by atoms with Crippen molar-refractivity contribution in [3.8, 4) is 5.75 Å². The quantitative estimate of drug-likeness (QED) is 0.672. The molecule has 4 rings (SSSR count). The van der Waals surface area contributed by atoms with Gasteiger partial charge in [-0.05, 0) is 34.9 Å². The van der Waals surface area contributed by atoms with Crippen LogP contribution < -0.4 is 15.8 Å². The highest BCUT2D eigenvalue weighted by molar-refractivity contribution is 5.96. The fourth-order valence-electron chi connectivity index (χ4n) is 3.46. The number of hydrogen-bond donors (Lipinski definition) is 2. The van der Waals surface area contributed by atoms with Crippen molar-refractivity contribution in [2.75, 3.05) is 12.3 Å². The largest absolute Gasteiger partial charge is 0.489 e. The number of anilines is 1. The molecule has 5 heteroatoms. The molecule has 0 bridgehead atoms. The molecule has 0 saturated carbocycles. The number of ether oxygens (including phenoxy) is 1. The highest BCUT2D eigenvalue weighted by Gasteiger charge is 2.16. The zero-order valence-electron chi connectivity index (χ0n) is 16.0. The van der Waals surface area contributed by atoms with Crippen LogP contribution in [-0.2, 0) is 11.3 Å². The first kappa shape index (κ1) is 18.7. The fourth-order valence-corrected chi connectivity index (χ4v) is 3.46. The van der Waals surface area contributed by atoms with Gasteiger partial charge in [0.15, 0.2) is 11.6 Å². The second kappa shape index (κ2) is 8.61. The van der Waals surface area contributed by atoms with Crippen LogP contribution in [0.15, 0.2) is 84.6 Å². The predicted molar refractivity (Wildman–Crippen MR) is 115 cm³/mol. The lowest BCUT2D eigenvalue weighted by Crippen LogP contribution is -2.26. The topological polar surface area (TPSA) is 77.2 Å². The van der Waals surface area contributed by atoms with Gasteiger partial charge in [-0.3, -0.25) is 4.79 Å². The second-order valence-electron chi connectivity index (χ2n) is 7.04. The fraction of sp³-hybridized carbons (Fsp3) is 0.167. The van der Waals surface area contributed by atoms with Crippen molar-refractivity contribution in [2.24, 2.45) is 5.92 Å². The number of hydrogen-bond acceptors (Lipinski definition) is 4. The monoisotopic (exact) mass is 385 g/mol. The Morgan fingerprint density at radius 2 is 2.00 bits per heavy atom. The second-order valence-corrected chi connectivity index (χ2v) is 7.04. The van der Waals surface area contributed by atoms with E-state index in [-0.39, 0.29) is 11.8 Å². The Labute approximate surface area is 169 Å². The Morgan fingerprint density at radius 3 is 2.90 bits per heavy atom. The maximum Gasteiger partial charge on any atom is 0.251 e. The number of fused-ring (bicyclic) bond motifs is 1. The third kappa shape index (κ3) is 4.46. The van der Waals surface area contributed by atoms with Crippen molar-refractivity contribution in [1.29, 1.82) is 0 Å². The number of nitrogen functional groups attached to an aromatic ring is 1. The summed E-state index contributed by atoms with van der Waals surface area (Å²) in [6.07, 6.45) is 8.29. The van der Waals surface area contributed by atoms with Crippen molar-refractivity contribution < 1.29 is 9.53 Å². The Morgan fingerprint density at radius 1 is 1.14 bits per heavy atom. The zero-order valence-corrected chi connectivity index (χ0v) is 16.0. The van der Waals surface area contributed by atoms with Crippen LogP contribution in [0.5, 0.6) is 5.75 Å². The van der Waals surface area contributed by atoms with Gasteiger partial charge in [0.25, 0.3) is 5.91 Å². The maximum absolute atomic E-state index is 12.7. The summed E-state index contributed by atoms with van der Waals surface area (Å²) in [5, 5.41) is 5.36. The molecule has 2 aromatic carbocycles. The molecule has 1 aliphatic rings. The average molecular weight is 385 g/mol. The molecular weight excluding hydrogens is 362 g/mol. The van der Waals surface area contributed by atoms with Crippen LogP contribution in [0.1, 0.15) is 12.0 Å². The predicted octanol–water partition coefficient (Wildman–Crippen LogP) is 4.01. The first-order valence-corrected chi connectivity index (χ1v) is 9.67.